The molecule has 0 radical (unpaired) electrons. The number of rotatable bonds is 8. The lowest BCUT2D eigenvalue weighted by molar-refractivity contribution is -0.137. The van der Waals surface area contributed by atoms with Crippen molar-refractivity contribution < 1.29 is 25.2 Å². The molecule has 0 aromatic rings. The molecule has 0 spiro atoms. The van der Waals surface area contributed by atoms with Gasteiger partial charge >= 0.3 is 5.97 Å². The number of nitrogens with one attached hydrogen (secondary N) is 1. The Bertz CT molecular complexity index is 185. The Balaban J connectivity index is 4.10. The topological polar surface area (TPSA) is 110 Å². The predicted octanol–water partition coefficient (Wildman–Crippen LogP) is -1.45. The molecule has 90 valence electrons. The summed E-state index contributed by atoms with van der Waals surface area (Å²) in [5.74, 6) is -0.897. The SMILES string of the molecule is CC(CCC(=O)O)NC(CO)(CO)CO. The van der Waals surface area contributed by atoms with Gasteiger partial charge in [0, 0.05) is 12.5 Å². The Hall–Kier alpha value is -0.690. The maximum absolute atomic E-state index is 10.3. The second-order valence-electron chi connectivity index (χ2n) is 3.73. The highest BCUT2D eigenvalue weighted by Crippen LogP contribution is 2.06. The number of hydrogen-bond donors (Lipinski definition) is 5. The lowest BCUT2D eigenvalue weighted by atomic mass is 10.0. The summed E-state index contributed by atoms with van der Waals surface area (Å²) in [6, 6.07) is -0.201. The third-order valence-electron chi connectivity index (χ3n) is 2.25. The van der Waals surface area contributed by atoms with E-state index in [4.69, 9.17) is 20.4 Å². The van der Waals surface area contributed by atoms with E-state index in [1.54, 1.807) is 6.92 Å². The first kappa shape index (κ1) is 14.3. The van der Waals surface area contributed by atoms with Crippen LogP contribution in [-0.4, -0.2) is 57.8 Å². The highest BCUT2D eigenvalue weighted by molar-refractivity contribution is 5.66. The van der Waals surface area contributed by atoms with Gasteiger partial charge in [0.2, 0.25) is 0 Å². The zero-order chi connectivity index (χ0) is 11.9. The third-order valence-corrected chi connectivity index (χ3v) is 2.25. The van der Waals surface area contributed by atoms with Crippen LogP contribution < -0.4 is 5.32 Å². The lowest BCUT2D eigenvalue weighted by Crippen LogP contribution is -2.57. The smallest absolute Gasteiger partial charge is 0.303 e. The van der Waals surface area contributed by atoms with E-state index in [1.165, 1.54) is 0 Å². The molecule has 0 saturated heterocycles. The molecule has 0 amide bonds. The van der Waals surface area contributed by atoms with Crippen LogP contribution in [0.5, 0.6) is 0 Å². The van der Waals surface area contributed by atoms with Gasteiger partial charge < -0.3 is 25.7 Å². The number of carboxylic acids is 1. The minimum atomic E-state index is -1.14. The molecule has 6 nitrogen and oxygen atoms in total. The van der Waals surface area contributed by atoms with E-state index in [2.05, 4.69) is 5.32 Å². The highest BCUT2D eigenvalue weighted by atomic mass is 16.4. The van der Waals surface area contributed by atoms with Gasteiger partial charge in [0.1, 0.15) is 0 Å². The number of aliphatic carboxylic acids is 1. The molecule has 0 bridgehead atoms. The summed E-state index contributed by atoms with van der Waals surface area (Å²) in [6.45, 7) is 0.519. The molecule has 15 heavy (non-hydrogen) atoms. The van der Waals surface area contributed by atoms with Crippen molar-refractivity contribution in [3.63, 3.8) is 0 Å². The van der Waals surface area contributed by atoms with Crippen LogP contribution in [0, 0.1) is 0 Å². The molecular formula is C9H19NO5. The molecule has 0 aliphatic carbocycles. The van der Waals surface area contributed by atoms with Gasteiger partial charge in [-0.25, -0.2) is 0 Å². The van der Waals surface area contributed by atoms with Crippen LogP contribution in [-0.2, 0) is 4.79 Å². The number of carboxylic acid groups (broad SMARTS) is 1. The van der Waals surface area contributed by atoms with Crippen LogP contribution in [0.2, 0.25) is 0 Å². The van der Waals surface area contributed by atoms with Crippen LogP contribution in [0.1, 0.15) is 19.8 Å². The Kier molecular flexibility index (Phi) is 6.42. The van der Waals surface area contributed by atoms with E-state index in [1.807, 2.05) is 0 Å². The van der Waals surface area contributed by atoms with E-state index < -0.39 is 31.3 Å². The number of aliphatic hydroxyl groups excluding tert-OH is 3. The first-order chi connectivity index (χ1) is 6.99. The Morgan fingerprint density at radius 3 is 2.07 bits per heavy atom. The van der Waals surface area contributed by atoms with Gasteiger partial charge in [-0.15, -0.1) is 0 Å². The minimum Gasteiger partial charge on any atom is -0.481 e. The van der Waals surface area contributed by atoms with E-state index >= 15 is 0 Å². The minimum absolute atomic E-state index is 0.00648. The van der Waals surface area contributed by atoms with Crippen LogP contribution in [0.3, 0.4) is 0 Å². The Morgan fingerprint density at radius 2 is 1.73 bits per heavy atom. The van der Waals surface area contributed by atoms with E-state index in [0.717, 1.165) is 0 Å². The molecule has 1 unspecified atom stereocenters. The van der Waals surface area contributed by atoms with Crippen molar-refractivity contribution in [3.8, 4) is 0 Å². The summed E-state index contributed by atoms with van der Waals surface area (Å²) in [7, 11) is 0. The molecule has 0 aromatic carbocycles. The fourth-order valence-corrected chi connectivity index (χ4v) is 1.22. The van der Waals surface area contributed by atoms with Gasteiger partial charge in [-0.1, -0.05) is 0 Å². The van der Waals surface area contributed by atoms with E-state index in [-0.39, 0.29) is 12.5 Å². The van der Waals surface area contributed by atoms with Crippen molar-refractivity contribution in [3.05, 3.63) is 0 Å². The van der Waals surface area contributed by atoms with Crippen LogP contribution in [0.4, 0.5) is 0 Å². The summed E-state index contributed by atoms with van der Waals surface area (Å²) in [5.41, 5.74) is -1.14. The van der Waals surface area contributed by atoms with E-state index in [0.29, 0.717) is 6.42 Å². The van der Waals surface area contributed by atoms with E-state index in [9.17, 15) is 4.79 Å². The Labute approximate surface area is 88.5 Å². The zero-order valence-corrected chi connectivity index (χ0v) is 8.81. The predicted molar refractivity (Wildman–Crippen MR) is 53.5 cm³/mol. The summed E-state index contributed by atoms with van der Waals surface area (Å²) in [5, 5.41) is 38.3. The van der Waals surface area contributed by atoms with Crippen molar-refractivity contribution in [2.24, 2.45) is 0 Å². The van der Waals surface area contributed by atoms with Gasteiger partial charge in [-0.3, -0.25) is 4.79 Å². The number of aliphatic hydroxyl groups is 3. The van der Waals surface area contributed by atoms with Gasteiger partial charge in [0.15, 0.2) is 0 Å². The van der Waals surface area contributed by atoms with Crippen molar-refractivity contribution in [2.45, 2.75) is 31.3 Å². The maximum atomic E-state index is 10.3. The van der Waals surface area contributed by atoms with Gasteiger partial charge in [-0.2, -0.15) is 0 Å². The summed E-state index contributed by atoms with van der Waals surface area (Å²) < 4.78 is 0. The lowest BCUT2D eigenvalue weighted by Gasteiger charge is -2.32. The zero-order valence-electron chi connectivity index (χ0n) is 8.81. The van der Waals surface area contributed by atoms with Crippen molar-refractivity contribution in [1.29, 1.82) is 0 Å². The van der Waals surface area contributed by atoms with Gasteiger partial charge in [-0.05, 0) is 13.3 Å². The van der Waals surface area contributed by atoms with Crippen molar-refractivity contribution >= 4 is 5.97 Å². The molecule has 0 rings (SSSR count). The molecule has 6 heteroatoms. The fraction of sp³-hybridized carbons (Fsp3) is 0.889. The quantitative estimate of drug-likeness (QED) is 0.343. The first-order valence-electron chi connectivity index (χ1n) is 4.81. The highest BCUT2D eigenvalue weighted by Gasteiger charge is 2.29. The average Bonchev–Trinajstić information content (AvgIpc) is 2.23. The molecule has 0 aliphatic heterocycles. The van der Waals surface area contributed by atoms with Crippen molar-refractivity contribution in [1.82, 2.24) is 5.32 Å². The summed E-state index contributed by atoms with van der Waals surface area (Å²) >= 11 is 0. The molecule has 0 heterocycles. The molecule has 0 saturated carbocycles. The molecule has 1 atom stereocenters. The van der Waals surface area contributed by atoms with Crippen molar-refractivity contribution in [2.75, 3.05) is 19.8 Å². The van der Waals surface area contributed by atoms with Gasteiger partial charge in [0.05, 0.1) is 25.4 Å². The fourth-order valence-electron chi connectivity index (χ4n) is 1.22. The molecular weight excluding hydrogens is 202 g/mol. The first-order valence-corrected chi connectivity index (χ1v) is 4.81. The second kappa shape index (κ2) is 6.73. The maximum Gasteiger partial charge on any atom is 0.303 e. The molecule has 0 fully saturated rings. The molecule has 5 N–H and O–H groups in total. The number of carbonyl (C=O) groups is 1. The number of hydrogen-bond acceptors (Lipinski definition) is 5. The normalized spacial score (nSPS) is 13.9. The monoisotopic (exact) mass is 221 g/mol. The summed E-state index contributed by atoms with van der Waals surface area (Å²) in [4.78, 5) is 10.3. The molecule has 0 aliphatic rings. The van der Waals surface area contributed by atoms with Gasteiger partial charge in [0.25, 0.3) is 0 Å². The second-order valence-corrected chi connectivity index (χ2v) is 3.73. The van der Waals surface area contributed by atoms with Crippen LogP contribution in [0.15, 0.2) is 0 Å². The standard InChI is InChI=1S/C9H19NO5/c1-7(2-3-8(14)15)10-9(4-11,5-12)6-13/h7,10-13H,2-6H2,1H3,(H,14,15). The summed E-state index contributed by atoms with van der Waals surface area (Å²) in [6.07, 6.45) is 0.379. The molecule has 0 aromatic heterocycles. The largest absolute Gasteiger partial charge is 0.481 e. The van der Waals surface area contributed by atoms with Crippen LogP contribution in [0.25, 0.3) is 0 Å². The third kappa shape index (κ3) is 5.08. The average molecular weight is 221 g/mol. The Morgan fingerprint density at radius 1 is 1.27 bits per heavy atom. The van der Waals surface area contributed by atoms with Crippen LogP contribution >= 0.6 is 0 Å².